The third-order valence-corrected chi connectivity index (χ3v) is 4.40. The van der Waals surface area contributed by atoms with E-state index in [1.807, 2.05) is 12.3 Å². The zero-order valence-corrected chi connectivity index (χ0v) is 12.5. The van der Waals surface area contributed by atoms with Crippen LogP contribution in [0.1, 0.15) is 31.9 Å². The highest BCUT2D eigenvalue weighted by Gasteiger charge is 2.22. The second-order valence-corrected chi connectivity index (χ2v) is 6.25. The first kappa shape index (κ1) is 12.5. The second-order valence-electron chi connectivity index (χ2n) is 4.48. The quantitative estimate of drug-likeness (QED) is 0.897. The van der Waals surface area contributed by atoms with Crippen LogP contribution in [0.2, 0.25) is 0 Å². The molecule has 1 aromatic heterocycles. The maximum absolute atomic E-state index is 4.41. The SMILES string of the molecule is CC1CCCC1NCc1ncc(Br)cc1Br. The number of hydrogen-bond acceptors (Lipinski definition) is 2. The minimum Gasteiger partial charge on any atom is -0.308 e. The van der Waals surface area contributed by atoms with Crippen molar-refractivity contribution in [2.24, 2.45) is 5.92 Å². The Morgan fingerprint density at radius 3 is 2.88 bits per heavy atom. The lowest BCUT2D eigenvalue weighted by Gasteiger charge is -2.17. The van der Waals surface area contributed by atoms with E-state index < -0.39 is 0 Å². The van der Waals surface area contributed by atoms with Gasteiger partial charge in [-0.25, -0.2) is 0 Å². The van der Waals surface area contributed by atoms with E-state index >= 15 is 0 Å². The van der Waals surface area contributed by atoms with Crippen LogP contribution in [0.3, 0.4) is 0 Å². The van der Waals surface area contributed by atoms with Gasteiger partial charge in [0.15, 0.2) is 0 Å². The molecule has 0 aliphatic heterocycles. The van der Waals surface area contributed by atoms with Gasteiger partial charge in [0.25, 0.3) is 0 Å². The molecule has 4 heteroatoms. The summed E-state index contributed by atoms with van der Waals surface area (Å²) in [6.07, 6.45) is 5.86. The molecule has 1 aliphatic rings. The van der Waals surface area contributed by atoms with Gasteiger partial charge in [-0.05, 0) is 56.7 Å². The summed E-state index contributed by atoms with van der Waals surface area (Å²) in [5, 5.41) is 3.60. The van der Waals surface area contributed by atoms with Gasteiger partial charge in [0, 0.05) is 27.7 Å². The maximum atomic E-state index is 4.41. The van der Waals surface area contributed by atoms with E-state index in [4.69, 9.17) is 0 Å². The Morgan fingerprint density at radius 1 is 1.44 bits per heavy atom. The third kappa shape index (κ3) is 3.05. The summed E-state index contributed by atoms with van der Waals surface area (Å²) in [6.45, 7) is 3.18. The van der Waals surface area contributed by atoms with Crippen LogP contribution in [0, 0.1) is 5.92 Å². The van der Waals surface area contributed by atoms with Crippen molar-refractivity contribution in [3.8, 4) is 0 Å². The number of nitrogens with one attached hydrogen (secondary N) is 1. The van der Waals surface area contributed by atoms with Crippen molar-refractivity contribution in [1.82, 2.24) is 10.3 Å². The maximum Gasteiger partial charge on any atom is 0.0684 e. The van der Waals surface area contributed by atoms with E-state index in [0.717, 1.165) is 27.1 Å². The van der Waals surface area contributed by atoms with E-state index in [1.54, 1.807) is 0 Å². The molecular formula is C12H16Br2N2. The summed E-state index contributed by atoms with van der Waals surface area (Å²) < 4.78 is 2.08. The molecule has 0 aromatic carbocycles. The zero-order chi connectivity index (χ0) is 11.5. The summed E-state index contributed by atoms with van der Waals surface area (Å²) in [5.74, 6) is 0.800. The summed E-state index contributed by atoms with van der Waals surface area (Å²) in [5.41, 5.74) is 1.09. The van der Waals surface area contributed by atoms with Crippen molar-refractivity contribution < 1.29 is 0 Å². The highest BCUT2D eigenvalue weighted by atomic mass is 79.9. The Bertz CT molecular complexity index is 368. The monoisotopic (exact) mass is 346 g/mol. The first-order chi connectivity index (χ1) is 7.66. The van der Waals surface area contributed by atoms with E-state index in [0.29, 0.717) is 6.04 Å². The summed E-state index contributed by atoms with van der Waals surface area (Å²) in [4.78, 5) is 4.41. The predicted molar refractivity (Wildman–Crippen MR) is 73.3 cm³/mol. The lowest BCUT2D eigenvalue weighted by atomic mass is 10.1. The Labute approximate surface area is 113 Å². The Balaban J connectivity index is 1.94. The first-order valence-electron chi connectivity index (χ1n) is 5.70. The Kier molecular flexibility index (Phi) is 4.39. The third-order valence-electron chi connectivity index (χ3n) is 3.28. The summed E-state index contributed by atoms with van der Waals surface area (Å²) >= 11 is 6.95. The number of halogens is 2. The van der Waals surface area contributed by atoms with Crippen LogP contribution in [0.15, 0.2) is 21.2 Å². The minimum atomic E-state index is 0.664. The van der Waals surface area contributed by atoms with Crippen LogP contribution >= 0.6 is 31.9 Å². The predicted octanol–water partition coefficient (Wildman–Crippen LogP) is 3.88. The van der Waals surface area contributed by atoms with Gasteiger partial charge < -0.3 is 5.32 Å². The molecule has 0 saturated heterocycles. The molecular weight excluding hydrogens is 332 g/mol. The molecule has 1 aromatic rings. The van der Waals surface area contributed by atoms with Crippen LogP contribution < -0.4 is 5.32 Å². The molecule has 0 amide bonds. The van der Waals surface area contributed by atoms with Crippen molar-refractivity contribution >= 4 is 31.9 Å². The largest absolute Gasteiger partial charge is 0.308 e. The fraction of sp³-hybridized carbons (Fsp3) is 0.583. The van der Waals surface area contributed by atoms with Crippen LogP contribution in [0.5, 0.6) is 0 Å². The van der Waals surface area contributed by atoms with Gasteiger partial charge in [0.05, 0.1) is 5.69 Å². The molecule has 1 fully saturated rings. The van der Waals surface area contributed by atoms with Crippen molar-refractivity contribution in [3.05, 3.63) is 26.9 Å². The van der Waals surface area contributed by atoms with Crippen LogP contribution in [-0.4, -0.2) is 11.0 Å². The van der Waals surface area contributed by atoms with Crippen molar-refractivity contribution in [2.75, 3.05) is 0 Å². The molecule has 0 spiro atoms. The highest BCUT2D eigenvalue weighted by molar-refractivity contribution is 9.11. The lowest BCUT2D eigenvalue weighted by molar-refractivity contribution is 0.423. The molecule has 0 bridgehead atoms. The van der Waals surface area contributed by atoms with Crippen LogP contribution in [-0.2, 0) is 6.54 Å². The Hall–Kier alpha value is 0.0700. The molecule has 1 saturated carbocycles. The lowest BCUT2D eigenvalue weighted by Crippen LogP contribution is -2.30. The number of hydrogen-bond donors (Lipinski definition) is 1. The smallest absolute Gasteiger partial charge is 0.0684 e. The fourth-order valence-electron chi connectivity index (χ4n) is 2.25. The topological polar surface area (TPSA) is 24.9 Å². The van der Waals surface area contributed by atoms with Gasteiger partial charge in [0.1, 0.15) is 0 Å². The van der Waals surface area contributed by atoms with Gasteiger partial charge in [-0.1, -0.05) is 13.3 Å². The fourth-order valence-corrected chi connectivity index (χ4v) is 3.38. The van der Waals surface area contributed by atoms with Crippen molar-refractivity contribution in [3.63, 3.8) is 0 Å². The molecule has 2 nitrogen and oxygen atoms in total. The standard InChI is InChI=1S/C12H16Br2N2/c1-8-3-2-4-11(8)16-7-12-10(14)5-9(13)6-15-12/h5-6,8,11,16H,2-4,7H2,1H3. The second kappa shape index (κ2) is 5.61. The van der Waals surface area contributed by atoms with E-state index in [9.17, 15) is 0 Å². The molecule has 1 N–H and O–H groups in total. The number of pyridine rings is 1. The van der Waals surface area contributed by atoms with Gasteiger partial charge in [0.2, 0.25) is 0 Å². The Morgan fingerprint density at radius 2 is 2.25 bits per heavy atom. The van der Waals surface area contributed by atoms with E-state index in [2.05, 4.69) is 49.1 Å². The minimum absolute atomic E-state index is 0.664. The zero-order valence-electron chi connectivity index (χ0n) is 9.34. The average molecular weight is 348 g/mol. The molecule has 1 heterocycles. The normalized spacial score (nSPS) is 24.9. The summed E-state index contributed by atoms with van der Waals surface area (Å²) in [6, 6.07) is 2.71. The van der Waals surface area contributed by atoms with Gasteiger partial charge in [-0.3, -0.25) is 4.98 Å². The molecule has 2 atom stereocenters. The average Bonchev–Trinajstić information content (AvgIpc) is 2.63. The molecule has 2 unspecified atom stereocenters. The van der Waals surface area contributed by atoms with Crippen LogP contribution in [0.4, 0.5) is 0 Å². The first-order valence-corrected chi connectivity index (χ1v) is 7.28. The van der Waals surface area contributed by atoms with Gasteiger partial charge in [-0.2, -0.15) is 0 Å². The van der Waals surface area contributed by atoms with Gasteiger partial charge in [-0.15, -0.1) is 0 Å². The van der Waals surface area contributed by atoms with E-state index in [-0.39, 0.29) is 0 Å². The highest BCUT2D eigenvalue weighted by Crippen LogP contribution is 2.26. The molecule has 16 heavy (non-hydrogen) atoms. The van der Waals surface area contributed by atoms with Gasteiger partial charge >= 0.3 is 0 Å². The molecule has 1 aliphatic carbocycles. The molecule has 2 rings (SSSR count). The number of aromatic nitrogens is 1. The van der Waals surface area contributed by atoms with Crippen LogP contribution in [0.25, 0.3) is 0 Å². The van der Waals surface area contributed by atoms with Crippen molar-refractivity contribution in [1.29, 1.82) is 0 Å². The molecule has 88 valence electrons. The van der Waals surface area contributed by atoms with Crippen molar-refractivity contribution in [2.45, 2.75) is 38.8 Å². The number of rotatable bonds is 3. The number of nitrogens with zero attached hydrogens (tertiary/aromatic N) is 1. The molecule has 0 radical (unpaired) electrons. The van der Waals surface area contributed by atoms with E-state index in [1.165, 1.54) is 19.3 Å². The summed E-state index contributed by atoms with van der Waals surface area (Å²) in [7, 11) is 0.